The van der Waals surface area contributed by atoms with Crippen molar-refractivity contribution in [1.29, 1.82) is 5.26 Å². The van der Waals surface area contributed by atoms with Crippen molar-refractivity contribution in [3.8, 4) is 11.9 Å². The van der Waals surface area contributed by atoms with E-state index in [0.29, 0.717) is 18.9 Å². The van der Waals surface area contributed by atoms with E-state index in [4.69, 9.17) is 10.00 Å². The Morgan fingerprint density at radius 2 is 2.42 bits per heavy atom. The van der Waals surface area contributed by atoms with Gasteiger partial charge in [0, 0.05) is 12.3 Å². The number of aromatic nitrogens is 1. The first kappa shape index (κ1) is 8.54. The SMILES string of the molecule is CCOc1ccc(CC#N)cn1. The van der Waals surface area contributed by atoms with Gasteiger partial charge in [0.1, 0.15) is 0 Å². The molecule has 0 saturated heterocycles. The molecule has 0 amide bonds. The zero-order valence-corrected chi connectivity index (χ0v) is 6.95. The van der Waals surface area contributed by atoms with Crippen molar-refractivity contribution < 1.29 is 4.74 Å². The van der Waals surface area contributed by atoms with Crippen LogP contribution in [0, 0.1) is 11.3 Å². The Bertz CT molecular complexity index is 274. The lowest BCUT2D eigenvalue weighted by atomic mass is 10.2. The van der Waals surface area contributed by atoms with E-state index in [0.717, 1.165) is 5.56 Å². The first-order valence-corrected chi connectivity index (χ1v) is 3.81. The molecule has 0 unspecified atom stereocenters. The first-order valence-electron chi connectivity index (χ1n) is 3.81. The summed E-state index contributed by atoms with van der Waals surface area (Å²) in [5.74, 6) is 0.610. The predicted molar refractivity (Wildman–Crippen MR) is 44.7 cm³/mol. The Hall–Kier alpha value is -1.56. The van der Waals surface area contributed by atoms with Crippen molar-refractivity contribution in [1.82, 2.24) is 4.98 Å². The molecule has 0 N–H and O–H groups in total. The molecule has 1 heterocycles. The Morgan fingerprint density at radius 1 is 1.58 bits per heavy atom. The molecule has 0 aromatic carbocycles. The van der Waals surface area contributed by atoms with Crippen molar-refractivity contribution in [2.24, 2.45) is 0 Å². The third-order valence-corrected chi connectivity index (χ3v) is 1.37. The minimum absolute atomic E-state index is 0.402. The summed E-state index contributed by atoms with van der Waals surface area (Å²) in [6.07, 6.45) is 2.06. The number of pyridine rings is 1. The van der Waals surface area contributed by atoms with Crippen LogP contribution < -0.4 is 4.74 Å². The Labute approximate surface area is 71.6 Å². The van der Waals surface area contributed by atoms with Crippen LogP contribution in [0.5, 0.6) is 5.88 Å². The first-order chi connectivity index (χ1) is 5.86. The highest BCUT2D eigenvalue weighted by molar-refractivity contribution is 5.19. The molecule has 1 aromatic heterocycles. The van der Waals surface area contributed by atoms with Crippen LogP contribution in [-0.4, -0.2) is 11.6 Å². The molecule has 0 bridgehead atoms. The van der Waals surface area contributed by atoms with Gasteiger partial charge in [0.2, 0.25) is 5.88 Å². The monoisotopic (exact) mass is 162 g/mol. The van der Waals surface area contributed by atoms with Crippen LogP contribution in [0.1, 0.15) is 12.5 Å². The number of hydrogen-bond donors (Lipinski definition) is 0. The largest absolute Gasteiger partial charge is 0.478 e. The molecule has 1 rings (SSSR count). The van der Waals surface area contributed by atoms with Gasteiger partial charge in [-0.3, -0.25) is 0 Å². The predicted octanol–water partition coefficient (Wildman–Crippen LogP) is 1.55. The Morgan fingerprint density at radius 3 is 2.92 bits per heavy atom. The van der Waals surface area contributed by atoms with E-state index in [1.807, 2.05) is 13.0 Å². The van der Waals surface area contributed by atoms with Gasteiger partial charge in [-0.05, 0) is 12.5 Å². The normalized spacial score (nSPS) is 9.00. The zero-order chi connectivity index (χ0) is 8.81. The zero-order valence-electron chi connectivity index (χ0n) is 6.95. The van der Waals surface area contributed by atoms with Crippen LogP contribution in [0.2, 0.25) is 0 Å². The topological polar surface area (TPSA) is 45.9 Å². The molecule has 0 aliphatic heterocycles. The summed E-state index contributed by atoms with van der Waals surface area (Å²) >= 11 is 0. The van der Waals surface area contributed by atoms with Gasteiger partial charge in [-0.25, -0.2) is 4.98 Å². The van der Waals surface area contributed by atoms with E-state index in [2.05, 4.69) is 11.1 Å². The van der Waals surface area contributed by atoms with E-state index in [9.17, 15) is 0 Å². The molecule has 0 fully saturated rings. The van der Waals surface area contributed by atoms with Crippen molar-refractivity contribution in [3.63, 3.8) is 0 Å². The van der Waals surface area contributed by atoms with Crippen molar-refractivity contribution in [2.75, 3.05) is 6.61 Å². The average molecular weight is 162 g/mol. The second kappa shape index (κ2) is 4.35. The van der Waals surface area contributed by atoms with E-state index in [1.54, 1.807) is 12.3 Å². The minimum Gasteiger partial charge on any atom is -0.478 e. The van der Waals surface area contributed by atoms with E-state index >= 15 is 0 Å². The lowest BCUT2D eigenvalue weighted by Gasteiger charge is -2.00. The molecule has 0 aliphatic rings. The summed E-state index contributed by atoms with van der Waals surface area (Å²) in [5, 5.41) is 8.38. The highest BCUT2D eigenvalue weighted by atomic mass is 16.5. The number of ether oxygens (including phenoxy) is 1. The van der Waals surface area contributed by atoms with E-state index < -0.39 is 0 Å². The van der Waals surface area contributed by atoms with Gasteiger partial charge in [-0.1, -0.05) is 6.07 Å². The van der Waals surface area contributed by atoms with Gasteiger partial charge in [-0.15, -0.1) is 0 Å². The Balaban J connectivity index is 2.66. The summed E-state index contributed by atoms with van der Waals surface area (Å²) in [6.45, 7) is 2.52. The smallest absolute Gasteiger partial charge is 0.213 e. The van der Waals surface area contributed by atoms with Crippen LogP contribution in [0.15, 0.2) is 18.3 Å². The van der Waals surface area contributed by atoms with Gasteiger partial charge in [0.15, 0.2) is 0 Å². The molecular weight excluding hydrogens is 152 g/mol. The van der Waals surface area contributed by atoms with Crippen molar-refractivity contribution in [3.05, 3.63) is 23.9 Å². The number of nitriles is 1. The van der Waals surface area contributed by atoms with Gasteiger partial charge in [0.05, 0.1) is 19.1 Å². The molecule has 0 aliphatic carbocycles. The second-order valence-corrected chi connectivity index (χ2v) is 2.27. The summed E-state index contributed by atoms with van der Waals surface area (Å²) in [4.78, 5) is 4.01. The highest BCUT2D eigenvalue weighted by Gasteiger charge is 1.94. The molecule has 1 aromatic rings. The minimum atomic E-state index is 0.402. The molecule has 0 atom stereocenters. The molecular formula is C9H10N2O. The van der Waals surface area contributed by atoms with Crippen molar-refractivity contribution >= 4 is 0 Å². The number of nitrogens with zero attached hydrogens (tertiary/aromatic N) is 2. The van der Waals surface area contributed by atoms with Gasteiger partial charge >= 0.3 is 0 Å². The molecule has 12 heavy (non-hydrogen) atoms. The average Bonchev–Trinajstić information content (AvgIpc) is 2.09. The third kappa shape index (κ3) is 2.24. The molecule has 0 saturated carbocycles. The Kier molecular flexibility index (Phi) is 3.09. The van der Waals surface area contributed by atoms with Gasteiger partial charge in [0.25, 0.3) is 0 Å². The molecule has 0 radical (unpaired) electrons. The molecule has 62 valence electrons. The standard InChI is InChI=1S/C9H10N2O/c1-2-12-9-4-3-8(5-6-10)7-11-9/h3-4,7H,2,5H2,1H3. The summed E-state index contributed by atoms with van der Waals surface area (Å²) in [6, 6.07) is 5.68. The molecule has 3 heteroatoms. The number of rotatable bonds is 3. The lowest BCUT2D eigenvalue weighted by Crippen LogP contribution is -1.94. The number of hydrogen-bond acceptors (Lipinski definition) is 3. The van der Waals surface area contributed by atoms with Gasteiger partial charge < -0.3 is 4.74 Å². The second-order valence-electron chi connectivity index (χ2n) is 2.27. The maximum atomic E-state index is 8.38. The fourth-order valence-corrected chi connectivity index (χ4v) is 0.840. The van der Waals surface area contributed by atoms with E-state index in [1.165, 1.54) is 0 Å². The van der Waals surface area contributed by atoms with Crippen LogP contribution in [-0.2, 0) is 6.42 Å². The van der Waals surface area contributed by atoms with Crippen LogP contribution >= 0.6 is 0 Å². The van der Waals surface area contributed by atoms with Gasteiger partial charge in [-0.2, -0.15) is 5.26 Å². The molecule has 0 spiro atoms. The van der Waals surface area contributed by atoms with Crippen LogP contribution in [0.25, 0.3) is 0 Å². The highest BCUT2D eigenvalue weighted by Crippen LogP contribution is 2.07. The fourth-order valence-electron chi connectivity index (χ4n) is 0.840. The molecule has 3 nitrogen and oxygen atoms in total. The summed E-state index contributed by atoms with van der Waals surface area (Å²) in [7, 11) is 0. The summed E-state index contributed by atoms with van der Waals surface area (Å²) in [5.41, 5.74) is 0.918. The lowest BCUT2D eigenvalue weighted by molar-refractivity contribution is 0.326. The van der Waals surface area contributed by atoms with E-state index in [-0.39, 0.29) is 0 Å². The maximum absolute atomic E-state index is 8.38. The quantitative estimate of drug-likeness (QED) is 0.677. The third-order valence-electron chi connectivity index (χ3n) is 1.37. The van der Waals surface area contributed by atoms with Crippen LogP contribution in [0.4, 0.5) is 0 Å². The summed E-state index contributed by atoms with van der Waals surface area (Å²) < 4.78 is 5.14. The fraction of sp³-hybridized carbons (Fsp3) is 0.333. The maximum Gasteiger partial charge on any atom is 0.213 e. The van der Waals surface area contributed by atoms with Crippen molar-refractivity contribution in [2.45, 2.75) is 13.3 Å². The van der Waals surface area contributed by atoms with Crippen LogP contribution in [0.3, 0.4) is 0 Å².